The van der Waals surface area contributed by atoms with E-state index in [0.29, 0.717) is 59.2 Å². The molecule has 8 nitrogen and oxygen atoms in total. The molecule has 4 aromatic rings. The second kappa shape index (κ2) is 11.1. The molecule has 0 saturated heterocycles. The van der Waals surface area contributed by atoms with Gasteiger partial charge in [-0.05, 0) is 72.5 Å². The average Bonchev–Trinajstić information content (AvgIpc) is 3.02. The molecule has 1 amide bonds. The maximum absolute atomic E-state index is 14.7. The van der Waals surface area contributed by atoms with E-state index in [1.807, 2.05) is 43.0 Å². The third kappa shape index (κ3) is 5.22. The Bertz CT molecular complexity index is 1610. The number of fused-ring (bicyclic) bond motifs is 2. The van der Waals surface area contributed by atoms with Crippen molar-refractivity contribution in [3.63, 3.8) is 0 Å². The van der Waals surface area contributed by atoms with E-state index in [1.54, 1.807) is 48.6 Å². The molecule has 0 radical (unpaired) electrons. The minimum Gasteiger partial charge on any atom is -0.493 e. The van der Waals surface area contributed by atoms with Gasteiger partial charge in [0.2, 0.25) is 0 Å². The zero-order valence-electron chi connectivity index (χ0n) is 22.5. The summed E-state index contributed by atoms with van der Waals surface area (Å²) in [7, 11) is 1.74. The van der Waals surface area contributed by atoms with Crippen molar-refractivity contribution in [2.45, 2.75) is 26.7 Å². The van der Waals surface area contributed by atoms with Crippen molar-refractivity contribution in [2.24, 2.45) is 0 Å². The van der Waals surface area contributed by atoms with Crippen molar-refractivity contribution in [1.29, 1.82) is 0 Å². The van der Waals surface area contributed by atoms with Gasteiger partial charge in [-0.1, -0.05) is 18.2 Å². The largest absolute Gasteiger partial charge is 0.493 e. The number of hydrogen-bond acceptors (Lipinski definition) is 6. The molecule has 1 aliphatic rings. The molecule has 0 unspecified atom stereocenters. The summed E-state index contributed by atoms with van der Waals surface area (Å²) in [6.07, 6.45) is 3.78. The van der Waals surface area contributed by atoms with Crippen LogP contribution in [0.1, 0.15) is 34.0 Å². The third-order valence-electron chi connectivity index (χ3n) is 6.94. The summed E-state index contributed by atoms with van der Waals surface area (Å²) in [5.74, 6) is 0.322. The van der Waals surface area contributed by atoms with Crippen LogP contribution in [0.2, 0.25) is 0 Å². The molecule has 0 atom stereocenters. The van der Waals surface area contributed by atoms with Crippen LogP contribution in [-0.2, 0) is 17.6 Å². The van der Waals surface area contributed by atoms with Crippen molar-refractivity contribution in [1.82, 2.24) is 9.97 Å². The lowest BCUT2D eigenvalue weighted by molar-refractivity contribution is -0.136. The van der Waals surface area contributed by atoms with Crippen LogP contribution < -0.4 is 14.5 Å². The van der Waals surface area contributed by atoms with E-state index >= 15 is 0 Å². The van der Waals surface area contributed by atoms with E-state index in [1.165, 1.54) is 6.07 Å². The van der Waals surface area contributed by atoms with Gasteiger partial charge in [-0.3, -0.25) is 9.59 Å². The molecular weight excluding hydrogens is 511 g/mol. The number of carbonyl (C=O) groups excluding carboxylic acids is 1. The first-order chi connectivity index (χ1) is 19.3. The molecule has 3 heterocycles. The minimum atomic E-state index is -1.00. The van der Waals surface area contributed by atoms with E-state index in [0.717, 1.165) is 16.8 Å². The van der Waals surface area contributed by atoms with E-state index < -0.39 is 11.8 Å². The lowest BCUT2D eigenvalue weighted by atomic mass is 10.00. The number of rotatable bonds is 8. The molecule has 204 valence electrons. The zero-order chi connectivity index (χ0) is 28.4. The monoisotopic (exact) mass is 540 g/mol. The van der Waals surface area contributed by atoms with Crippen molar-refractivity contribution >= 4 is 29.2 Å². The Labute approximate surface area is 231 Å². The molecule has 2 aromatic carbocycles. The molecule has 9 heteroatoms. The smallest absolute Gasteiger partial charge is 0.307 e. The van der Waals surface area contributed by atoms with Gasteiger partial charge in [0, 0.05) is 38.0 Å². The highest BCUT2D eigenvalue weighted by Gasteiger charge is 2.30. The molecule has 0 spiro atoms. The van der Waals surface area contributed by atoms with E-state index in [2.05, 4.69) is 9.97 Å². The molecule has 40 heavy (non-hydrogen) atoms. The van der Waals surface area contributed by atoms with Crippen LogP contribution in [0, 0.1) is 12.7 Å². The number of aryl methyl sites for hydroxylation is 1. The minimum absolute atomic E-state index is 0.148. The van der Waals surface area contributed by atoms with Crippen molar-refractivity contribution in [3.8, 4) is 16.9 Å². The molecule has 2 aromatic heterocycles. The quantitative estimate of drug-likeness (QED) is 0.311. The summed E-state index contributed by atoms with van der Waals surface area (Å²) in [6, 6.07) is 15.5. The Morgan fingerprint density at radius 3 is 2.58 bits per heavy atom. The first-order valence-electron chi connectivity index (χ1n) is 13.0. The van der Waals surface area contributed by atoms with Crippen LogP contribution in [0.15, 0.2) is 67.0 Å². The standard InChI is InChI=1S/C31H29FN4O4/c1-4-36-29-24(31(39)35(3)26-6-5-12-33-30(26)36)15-21(18-34-29)11-13-40-27-10-8-22(14-19(27)2)23-9-7-20(16-25(23)32)17-28(37)38/h5-10,12,14-16,18H,4,11,13,17H2,1-3H3,(H,37,38). The summed E-state index contributed by atoms with van der Waals surface area (Å²) in [6.45, 7) is 4.86. The van der Waals surface area contributed by atoms with Crippen molar-refractivity contribution in [2.75, 3.05) is 30.0 Å². The lowest BCUT2D eigenvalue weighted by Crippen LogP contribution is -2.25. The number of nitrogens with zero attached hydrogens (tertiary/aromatic N) is 4. The van der Waals surface area contributed by atoms with Crippen LogP contribution >= 0.6 is 0 Å². The highest BCUT2D eigenvalue weighted by Crippen LogP contribution is 2.37. The fourth-order valence-electron chi connectivity index (χ4n) is 4.89. The van der Waals surface area contributed by atoms with E-state index in [-0.39, 0.29) is 12.3 Å². The van der Waals surface area contributed by atoms with Gasteiger partial charge in [0.25, 0.3) is 5.91 Å². The molecule has 0 aliphatic carbocycles. The first-order valence-corrected chi connectivity index (χ1v) is 13.0. The number of halogens is 1. The number of carbonyl (C=O) groups is 2. The topological polar surface area (TPSA) is 95.9 Å². The van der Waals surface area contributed by atoms with E-state index in [4.69, 9.17) is 9.84 Å². The lowest BCUT2D eigenvalue weighted by Gasteiger charge is -2.22. The average molecular weight is 541 g/mol. The summed E-state index contributed by atoms with van der Waals surface area (Å²) >= 11 is 0. The number of benzene rings is 2. The van der Waals surface area contributed by atoms with Gasteiger partial charge in [0.1, 0.15) is 17.4 Å². The number of aliphatic carboxylic acids is 1. The summed E-state index contributed by atoms with van der Waals surface area (Å²) in [5, 5.41) is 8.93. The normalized spacial score (nSPS) is 12.6. The fraction of sp³-hybridized carbons (Fsp3) is 0.226. The van der Waals surface area contributed by atoms with Gasteiger partial charge in [-0.15, -0.1) is 0 Å². The molecule has 5 rings (SSSR count). The van der Waals surface area contributed by atoms with Gasteiger partial charge < -0.3 is 19.6 Å². The fourth-order valence-corrected chi connectivity index (χ4v) is 4.89. The highest BCUT2D eigenvalue weighted by molar-refractivity contribution is 6.12. The van der Waals surface area contributed by atoms with Gasteiger partial charge >= 0.3 is 5.97 Å². The number of carboxylic acids is 1. The zero-order valence-corrected chi connectivity index (χ0v) is 22.5. The Hall–Kier alpha value is -4.79. The predicted octanol–water partition coefficient (Wildman–Crippen LogP) is 5.59. The van der Waals surface area contributed by atoms with Crippen LogP contribution in [0.25, 0.3) is 11.1 Å². The van der Waals surface area contributed by atoms with Gasteiger partial charge in [-0.2, -0.15) is 0 Å². The summed E-state index contributed by atoms with van der Waals surface area (Å²) < 4.78 is 20.7. The highest BCUT2D eigenvalue weighted by atomic mass is 19.1. The number of amides is 1. The first kappa shape index (κ1) is 26.8. The van der Waals surface area contributed by atoms with Crippen LogP contribution in [0.5, 0.6) is 5.75 Å². The Kier molecular flexibility index (Phi) is 7.46. The maximum atomic E-state index is 14.7. The predicted molar refractivity (Wildman–Crippen MR) is 151 cm³/mol. The molecule has 0 bridgehead atoms. The van der Waals surface area contributed by atoms with E-state index in [9.17, 15) is 14.0 Å². The summed E-state index contributed by atoms with van der Waals surface area (Å²) in [4.78, 5) is 36.9. The van der Waals surface area contributed by atoms with Gasteiger partial charge in [-0.25, -0.2) is 14.4 Å². The molecule has 0 fully saturated rings. The Balaban J connectivity index is 1.30. The van der Waals surface area contributed by atoms with Crippen LogP contribution in [-0.4, -0.2) is 47.2 Å². The number of pyridine rings is 2. The molecule has 0 saturated carbocycles. The third-order valence-corrected chi connectivity index (χ3v) is 6.94. The van der Waals surface area contributed by atoms with Crippen LogP contribution in [0.4, 0.5) is 21.7 Å². The molecule has 1 aliphatic heterocycles. The van der Waals surface area contributed by atoms with Crippen molar-refractivity contribution < 1.29 is 23.8 Å². The number of carboxylic acid groups (broad SMARTS) is 1. The second-order valence-electron chi connectivity index (χ2n) is 9.63. The second-order valence-corrected chi connectivity index (χ2v) is 9.63. The number of hydrogen-bond donors (Lipinski definition) is 1. The van der Waals surface area contributed by atoms with Gasteiger partial charge in [0.15, 0.2) is 5.82 Å². The van der Waals surface area contributed by atoms with Crippen LogP contribution in [0.3, 0.4) is 0 Å². The number of anilines is 3. The maximum Gasteiger partial charge on any atom is 0.307 e. The summed E-state index contributed by atoms with van der Waals surface area (Å²) in [5.41, 5.74) is 4.44. The number of aromatic nitrogens is 2. The molecule has 1 N–H and O–H groups in total. The SMILES string of the molecule is CCN1c2ncc(CCOc3ccc(-c4ccc(CC(=O)O)cc4F)cc3C)cc2C(=O)N(C)c2cccnc21. The molecular formula is C31H29FN4O4. The van der Waals surface area contributed by atoms with Gasteiger partial charge in [0.05, 0.1) is 24.3 Å². The number of ether oxygens (including phenoxy) is 1. The Morgan fingerprint density at radius 1 is 1.02 bits per heavy atom. The Morgan fingerprint density at radius 2 is 1.85 bits per heavy atom. The van der Waals surface area contributed by atoms with Crippen molar-refractivity contribution in [3.05, 3.63) is 95.1 Å².